The van der Waals surface area contributed by atoms with E-state index in [2.05, 4.69) is 11.8 Å². The van der Waals surface area contributed by atoms with Crippen LogP contribution in [0.1, 0.15) is 61.7 Å². The fourth-order valence-electron chi connectivity index (χ4n) is 5.26. The minimum absolute atomic E-state index is 0.105. The normalized spacial score (nSPS) is 17.6. The summed E-state index contributed by atoms with van der Waals surface area (Å²) in [6.07, 6.45) is 3.85. The van der Waals surface area contributed by atoms with Crippen LogP contribution in [0.15, 0.2) is 33.5 Å². The van der Waals surface area contributed by atoms with Gasteiger partial charge in [-0.25, -0.2) is 4.79 Å². The van der Waals surface area contributed by atoms with E-state index in [4.69, 9.17) is 18.6 Å². The van der Waals surface area contributed by atoms with Crippen LogP contribution in [0.2, 0.25) is 0 Å². The maximum absolute atomic E-state index is 14.1. The van der Waals surface area contributed by atoms with Crippen LogP contribution in [0.5, 0.6) is 17.2 Å². The van der Waals surface area contributed by atoms with Crippen LogP contribution in [-0.2, 0) is 17.7 Å². The van der Waals surface area contributed by atoms with Crippen LogP contribution in [0.3, 0.4) is 0 Å². The molecular weight excluding hydrogens is 474 g/mol. The lowest BCUT2D eigenvalue weighted by atomic mass is 9.96. The van der Waals surface area contributed by atoms with Crippen LogP contribution in [0.25, 0.3) is 22.1 Å². The van der Waals surface area contributed by atoms with Crippen LogP contribution in [0.4, 0.5) is 0 Å². The number of esters is 1. The number of rotatable bonds is 6. The van der Waals surface area contributed by atoms with Gasteiger partial charge in [-0.1, -0.05) is 19.4 Å². The predicted molar refractivity (Wildman–Crippen MR) is 140 cm³/mol. The zero-order valence-electron chi connectivity index (χ0n) is 21.6. The minimum Gasteiger partial charge on any atom is -0.507 e. The summed E-state index contributed by atoms with van der Waals surface area (Å²) in [7, 11) is 0. The van der Waals surface area contributed by atoms with Crippen molar-refractivity contribution in [1.82, 2.24) is 4.90 Å². The average Bonchev–Trinajstić information content (AvgIpc) is 2.91. The van der Waals surface area contributed by atoms with Crippen molar-refractivity contribution in [2.24, 2.45) is 0 Å². The number of hydrogen-bond acceptors (Lipinski definition) is 8. The summed E-state index contributed by atoms with van der Waals surface area (Å²) >= 11 is 0. The Kier molecular flexibility index (Phi) is 7.11. The van der Waals surface area contributed by atoms with Crippen LogP contribution in [0, 0.1) is 0 Å². The van der Waals surface area contributed by atoms with Crippen molar-refractivity contribution < 1.29 is 28.5 Å². The minimum atomic E-state index is -0.734. The predicted octanol–water partition coefficient (Wildman–Crippen LogP) is 5.05. The summed E-state index contributed by atoms with van der Waals surface area (Å²) in [6.45, 7) is 8.08. The van der Waals surface area contributed by atoms with Crippen LogP contribution >= 0.6 is 0 Å². The van der Waals surface area contributed by atoms with Gasteiger partial charge in [-0.2, -0.15) is 0 Å². The molecule has 0 amide bonds. The third-order valence-corrected chi connectivity index (χ3v) is 7.30. The van der Waals surface area contributed by atoms with Crippen molar-refractivity contribution >= 4 is 16.9 Å². The van der Waals surface area contributed by atoms with Crippen LogP contribution < -0.4 is 14.9 Å². The number of aryl methyl sites for hydroxylation is 1. The highest BCUT2D eigenvalue weighted by molar-refractivity contribution is 5.99. The van der Waals surface area contributed by atoms with Gasteiger partial charge >= 0.3 is 5.97 Å². The first-order valence-electron chi connectivity index (χ1n) is 13.1. The van der Waals surface area contributed by atoms with E-state index in [0.717, 1.165) is 19.4 Å². The van der Waals surface area contributed by atoms with E-state index in [0.29, 0.717) is 65.8 Å². The van der Waals surface area contributed by atoms with Crippen molar-refractivity contribution in [3.8, 4) is 28.4 Å². The molecule has 2 aromatic carbocycles. The molecule has 3 aromatic rings. The molecule has 2 aliphatic heterocycles. The summed E-state index contributed by atoms with van der Waals surface area (Å²) in [4.78, 5) is 29.5. The lowest BCUT2D eigenvalue weighted by Gasteiger charge is -2.33. The zero-order valence-corrected chi connectivity index (χ0v) is 21.6. The topological polar surface area (TPSA) is 98.4 Å². The molecule has 1 atom stereocenters. The molecule has 8 nitrogen and oxygen atoms in total. The van der Waals surface area contributed by atoms with E-state index in [1.54, 1.807) is 31.2 Å². The van der Waals surface area contributed by atoms with E-state index < -0.39 is 5.97 Å². The number of carbonyl (C=O) groups is 1. The maximum atomic E-state index is 14.1. The number of hydrogen-bond donors (Lipinski definition) is 1. The van der Waals surface area contributed by atoms with Gasteiger partial charge in [0, 0.05) is 12.6 Å². The molecule has 1 fully saturated rings. The molecule has 1 N–H and O–H groups in total. The standard InChI is InChI=1S/C29H33NO7/c1-4-18-14-20-26(32)24(19-9-10-22-23(15-19)36-13-12-35-22)28(29(33)34-5-2)37-27(20)21(25(18)31)16-30-11-7-6-8-17(30)3/h9-10,14-15,17,31H,4-8,11-13,16H2,1-3H3/t17-/m1/s1. The van der Waals surface area contributed by atoms with Crippen molar-refractivity contribution in [2.45, 2.75) is 59.0 Å². The molecule has 2 aliphatic rings. The quantitative estimate of drug-likeness (QED) is 0.463. The Bertz CT molecular complexity index is 1390. The first kappa shape index (κ1) is 25.1. The second-order valence-corrected chi connectivity index (χ2v) is 9.62. The Hall–Kier alpha value is -3.52. The number of likely N-dealkylation sites (tertiary alicyclic amines) is 1. The Morgan fingerprint density at radius 3 is 2.65 bits per heavy atom. The summed E-state index contributed by atoms with van der Waals surface area (Å²) < 4.78 is 22.9. The number of phenols is 1. The summed E-state index contributed by atoms with van der Waals surface area (Å²) in [5, 5.41) is 11.5. The first-order chi connectivity index (χ1) is 17.9. The molecule has 5 rings (SSSR count). The highest BCUT2D eigenvalue weighted by atomic mass is 16.6. The third kappa shape index (κ3) is 4.66. The molecule has 0 aliphatic carbocycles. The lowest BCUT2D eigenvalue weighted by Crippen LogP contribution is -2.36. The van der Waals surface area contributed by atoms with E-state index in [1.807, 2.05) is 6.92 Å². The third-order valence-electron chi connectivity index (χ3n) is 7.30. The largest absolute Gasteiger partial charge is 0.507 e. The Morgan fingerprint density at radius 1 is 1.14 bits per heavy atom. The number of phenolic OH excluding ortho intramolecular Hbond substituents is 1. The SMILES string of the molecule is CCOC(=O)c1oc2c(CN3CCCC[C@H]3C)c(O)c(CC)cc2c(=O)c1-c1ccc2c(c1)OCCO2. The highest BCUT2D eigenvalue weighted by Crippen LogP contribution is 2.38. The number of piperidine rings is 1. The number of aromatic hydroxyl groups is 1. The molecule has 3 heterocycles. The van der Waals surface area contributed by atoms with E-state index in [1.165, 1.54) is 6.42 Å². The van der Waals surface area contributed by atoms with Gasteiger partial charge in [0.2, 0.25) is 11.2 Å². The summed E-state index contributed by atoms with van der Waals surface area (Å²) in [5.41, 5.74) is 1.63. The van der Waals surface area contributed by atoms with Crippen molar-refractivity contribution in [2.75, 3.05) is 26.4 Å². The second kappa shape index (κ2) is 10.5. The molecule has 0 bridgehead atoms. The van der Waals surface area contributed by atoms with Gasteiger partial charge in [0.15, 0.2) is 11.5 Å². The molecular formula is C29H33NO7. The van der Waals surface area contributed by atoms with Gasteiger partial charge in [0.05, 0.1) is 23.1 Å². The molecule has 1 aromatic heterocycles. The summed E-state index contributed by atoms with van der Waals surface area (Å²) in [5.74, 6) is 0.264. The Balaban J connectivity index is 1.75. The Labute approximate surface area is 215 Å². The molecule has 8 heteroatoms. The van der Waals surface area contributed by atoms with Gasteiger partial charge in [0.25, 0.3) is 0 Å². The number of carbonyl (C=O) groups excluding carboxylic acids is 1. The Morgan fingerprint density at radius 2 is 1.92 bits per heavy atom. The van der Waals surface area contributed by atoms with Crippen molar-refractivity contribution in [1.29, 1.82) is 0 Å². The molecule has 0 spiro atoms. The summed E-state index contributed by atoms with van der Waals surface area (Å²) in [6, 6.07) is 7.14. The van der Waals surface area contributed by atoms with E-state index >= 15 is 0 Å². The van der Waals surface area contributed by atoms with Gasteiger partial charge in [-0.3, -0.25) is 9.69 Å². The molecule has 1 saturated heterocycles. The van der Waals surface area contributed by atoms with E-state index in [-0.39, 0.29) is 34.7 Å². The molecule has 37 heavy (non-hydrogen) atoms. The first-order valence-corrected chi connectivity index (χ1v) is 13.1. The number of benzene rings is 2. The van der Waals surface area contributed by atoms with E-state index in [9.17, 15) is 14.7 Å². The molecule has 196 valence electrons. The second-order valence-electron chi connectivity index (χ2n) is 9.62. The fraction of sp³-hybridized carbons (Fsp3) is 0.448. The van der Waals surface area contributed by atoms with Crippen molar-refractivity contribution in [3.63, 3.8) is 0 Å². The highest BCUT2D eigenvalue weighted by Gasteiger charge is 2.29. The average molecular weight is 508 g/mol. The molecule has 0 unspecified atom stereocenters. The van der Waals surface area contributed by atoms with Crippen molar-refractivity contribution in [3.05, 3.63) is 51.4 Å². The molecule has 0 radical (unpaired) electrons. The number of fused-ring (bicyclic) bond motifs is 2. The monoisotopic (exact) mass is 507 g/mol. The fourth-order valence-corrected chi connectivity index (χ4v) is 5.26. The lowest BCUT2D eigenvalue weighted by molar-refractivity contribution is 0.0491. The zero-order chi connectivity index (χ0) is 26.1. The van der Waals surface area contributed by atoms with Gasteiger partial charge in [-0.05, 0) is 69.0 Å². The van der Waals surface area contributed by atoms with Crippen LogP contribution in [-0.4, -0.2) is 48.4 Å². The number of nitrogens with zero attached hydrogens (tertiary/aromatic N) is 1. The van der Waals surface area contributed by atoms with Gasteiger partial charge in [-0.15, -0.1) is 0 Å². The number of ether oxygens (including phenoxy) is 3. The smallest absolute Gasteiger partial charge is 0.375 e. The molecule has 0 saturated carbocycles. The van der Waals surface area contributed by atoms with Gasteiger partial charge in [0.1, 0.15) is 24.5 Å². The maximum Gasteiger partial charge on any atom is 0.375 e. The van der Waals surface area contributed by atoms with Gasteiger partial charge < -0.3 is 23.7 Å².